The number of pyridine rings is 1. The fourth-order valence-corrected chi connectivity index (χ4v) is 3.23. The number of carbonyl (C=O) groups is 1. The fourth-order valence-electron chi connectivity index (χ4n) is 3.23. The summed E-state index contributed by atoms with van der Waals surface area (Å²) in [6.45, 7) is 2.15. The summed E-state index contributed by atoms with van der Waals surface area (Å²) in [6.07, 6.45) is 3.49. The monoisotopic (exact) mass is 357 g/mol. The zero-order chi connectivity index (χ0) is 18.4. The van der Waals surface area contributed by atoms with Crippen LogP contribution in [0.2, 0.25) is 0 Å². The first-order valence-electron chi connectivity index (χ1n) is 8.93. The van der Waals surface area contributed by atoms with E-state index in [0.29, 0.717) is 51.1 Å². The van der Waals surface area contributed by atoms with Gasteiger partial charge in [0, 0.05) is 25.8 Å². The van der Waals surface area contributed by atoms with E-state index in [4.69, 9.17) is 0 Å². The molecule has 5 nitrogen and oxygen atoms in total. The number of nitrogens with zero attached hydrogens (tertiary/aromatic N) is 2. The molecule has 1 amide bonds. The van der Waals surface area contributed by atoms with Crippen molar-refractivity contribution in [3.8, 4) is 0 Å². The molecule has 0 saturated carbocycles. The molecule has 0 spiro atoms. The molecule has 3 rings (SSSR count). The van der Waals surface area contributed by atoms with Crippen LogP contribution in [-0.2, 0) is 16.8 Å². The van der Waals surface area contributed by atoms with Gasteiger partial charge in [0.25, 0.3) is 0 Å². The van der Waals surface area contributed by atoms with Gasteiger partial charge in [-0.15, -0.1) is 0 Å². The lowest BCUT2D eigenvalue weighted by Crippen LogP contribution is -2.46. The second-order valence-electron chi connectivity index (χ2n) is 6.75. The Morgan fingerprint density at radius 2 is 1.92 bits per heavy atom. The van der Waals surface area contributed by atoms with Gasteiger partial charge < -0.3 is 10.4 Å². The first kappa shape index (κ1) is 18.5. The molecule has 1 aliphatic rings. The fraction of sp³-hybridized carbons (Fsp3) is 0.400. The van der Waals surface area contributed by atoms with Crippen LogP contribution in [0.15, 0.2) is 48.7 Å². The van der Waals surface area contributed by atoms with Crippen LogP contribution in [0.25, 0.3) is 0 Å². The quantitative estimate of drug-likeness (QED) is 0.828. The highest BCUT2D eigenvalue weighted by Crippen LogP contribution is 2.31. The Morgan fingerprint density at radius 3 is 2.58 bits per heavy atom. The Bertz CT molecular complexity index is 714. The Kier molecular flexibility index (Phi) is 5.96. The summed E-state index contributed by atoms with van der Waals surface area (Å²) in [6, 6.07) is 11.9. The molecule has 0 atom stereocenters. The average molecular weight is 357 g/mol. The molecule has 2 heterocycles. The molecule has 26 heavy (non-hydrogen) atoms. The number of aromatic nitrogens is 1. The minimum atomic E-state index is -0.906. The van der Waals surface area contributed by atoms with Gasteiger partial charge in [-0.3, -0.25) is 14.7 Å². The summed E-state index contributed by atoms with van der Waals surface area (Å²) in [5, 5.41) is 13.7. The largest absolute Gasteiger partial charge is 0.383 e. The van der Waals surface area contributed by atoms with E-state index in [1.54, 1.807) is 18.3 Å². The lowest BCUT2D eigenvalue weighted by Gasteiger charge is -2.37. The third-order valence-corrected chi connectivity index (χ3v) is 4.84. The van der Waals surface area contributed by atoms with Crippen molar-refractivity contribution in [1.82, 2.24) is 15.2 Å². The Hall–Kier alpha value is -2.31. The summed E-state index contributed by atoms with van der Waals surface area (Å²) >= 11 is 0. The Balaban J connectivity index is 1.40. The summed E-state index contributed by atoms with van der Waals surface area (Å²) in [5.74, 6) is -0.288. The molecule has 1 fully saturated rings. The van der Waals surface area contributed by atoms with Crippen molar-refractivity contribution in [3.05, 3.63) is 65.7 Å². The van der Waals surface area contributed by atoms with Gasteiger partial charge in [-0.1, -0.05) is 18.2 Å². The maximum atomic E-state index is 12.9. The van der Waals surface area contributed by atoms with Crippen LogP contribution in [0.1, 0.15) is 24.1 Å². The molecule has 2 aromatic rings. The normalized spacial score (nSPS) is 17.0. The third kappa shape index (κ3) is 4.86. The smallest absolute Gasteiger partial charge is 0.234 e. The maximum absolute atomic E-state index is 12.9. The molecule has 1 aliphatic heterocycles. The van der Waals surface area contributed by atoms with Crippen LogP contribution in [0.4, 0.5) is 4.39 Å². The summed E-state index contributed by atoms with van der Waals surface area (Å²) in [5.41, 5.74) is 0.782. The molecule has 2 N–H and O–H groups in total. The predicted molar refractivity (Wildman–Crippen MR) is 96.9 cm³/mol. The summed E-state index contributed by atoms with van der Waals surface area (Å²) in [7, 11) is 0. The molecule has 138 valence electrons. The van der Waals surface area contributed by atoms with Crippen LogP contribution in [0.3, 0.4) is 0 Å². The van der Waals surface area contributed by atoms with Crippen molar-refractivity contribution in [3.63, 3.8) is 0 Å². The summed E-state index contributed by atoms with van der Waals surface area (Å²) < 4.78 is 12.9. The predicted octanol–water partition coefficient (Wildman–Crippen LogP) is 1.86. The zero-order valence-electron chi connectivity index (χ0n) is 14.7. The number of halogens is 1. The zero-order valence-corrected chi connectivity index (χ0v) is 14.7. The molecule has 6 heteroatoms. The van der Waals surface area contributed by atoms with E-state index < -0.39 is 5.60 Å². The standard InChI is InChI=1S/C20H24FN3O2/c21-17-6-4-16(5-7-17)8-12-23-19(25)15-24-13-9-20(26,10-14-24)18-3-1-2-11-22-18/h1-7,11,26H,8-10,12-15H2,(H,23,25). The molecule has 0 aliphatic carbocycles. The van der Waals surface area contributed by atoms with Crippen molar-refractivity contribution in [2.75, 3.05) is 26.2 Å². The molecular formula is C20H24FN3O2. The molecule has 0 radical (unpaired) electrons. The van der Waals surface area contributed by atoms with Crippen LogP contribution in [-0.4, -0.2) is 47.1 Å². The number of aliphatic hydroxyl groups is 1. The first-order chi connectivity index (χ1) is 12.5. The number of nitrogens with one attached hydrogen (secondary N) is 1. The minimum Gasteiger partial charge on any atom is -0.383 e. The van der Waals surface area contributed by atoms with Crippen molar-refractivity contribution in [2.45, 2.75) is 24.9 Å². The van der Waals surface area contributed by atoms with E-state index in [2.05, 4.69) is 10.3 Å². The van der Waals surface area contributed by atoms with Gasteiger partial charge >= 0.3 is 0 Å². The van der Waals surface area contributed by atoms with Crippen LogP contribution < -0.4 is 5.32 Å². The van der Waals surface area contributed by atoms with Crippen LogP contribution in [0.5, 0.6) is 0 Å². The number of rotatable bonds is 6. The molecule has 0 bridgehead atoms. The highest BCUT2D eigenvalue weighted by molar-refractivity contribution is 5.78. The molecule has 0 unspecified atom stereocenters. The SMILES string of the molecule is O=C(CN1CCC(O)(c2ccccn2)CC1)NCCc1ccc(F)cc1. The highest BCUT2D eigenvalue weighted by Gasteiger charge is 2.35. The number of likely N-dealkylation sites (tertiary alicyclic amines) is 1. The maximum Gasteiger partial charge on any atom is 0.234 e. The number of amides is 1. The van der Waals surface area contributed by atoms with Gasteiger partial charge in [-0.05, 0) is 49.1 Å². The van der Waals surface area contributed by atoms with Crippen molar-refractivity contribution in [1.29, 1.82) is 0 Å². The van der Waals surface area contributed by atoms with Crippen LogP contribution >= 0.6 is 0 Å². The first-order valence-corrected chi connectivity index (χ1v) is 8.93. The van der Waals surface area contributed by atoms with E-state index in [-0.39, 0.29) is 11.7 Å². The van der Waals surface area contributed by atoms with Gasteiger partial charge in [-0.25, -0.2) is 4.39 Å². The second-order valence-corrected chi connectivity index (χ2v) is 6.75. The van der Waals surface area contributed by atoms with E-state index in [1.165, 1.54) is 12.1 Å². The van der Waals surface area contributed by atoms with Gasteiger partial charge in [0.05, 0.1) is 12.2 Å². The second kappa shape index (κ2) is 8.38. The lowest BCUT2D eigenvalue weighted by atomic mass is 9.88. The van der Waals surface area contributed by atoms with E-state index >= 15 is 0 Å². The minimum absolute atomic E-state index is 0.0320. The highest BCUT2D eigenvalue weighted by atomic mass is 19.1. The number of hydrogen-bond acceptors (Lipinski definition) is 4. The van der Waals surface area contributed by atoms with Crippen LogP contribution in [0, 0.1) is 5.82 Å². The van der Waals surface area contributed by atoms with Crippen molar-refractivity contribution >= 4 is 5.91 Å². The molecule has 1 aromatic heterocycles. The Labute approximate surface area is 152 Å². The van der Waals surface area contributed by atoms with Crippen molar-refractivity contribution < 1.29 is 14.3 Å². The van der Waals surface area contributed by atoms with Crippen molar-refractivity contribution in [2.24, 2.45) is 0 Å². The number of piperidine rings is 1. The van der Waals surface area contributed by atoms with E-state index in [1.807, 2.05) is 23.1 Å². The third-order valence-electron chi connectivity index (χ3n) is 4.84. The number of benzene rings is 1. The summed E-state index contributed by atoms with van der Waals surface area (Å²) in [4.78, 5) is 18.4. The molecular weight excluding hydrogens is 333 g/mol. The Morgan fingerprint density at radius 1 is 1.19 bits per heavy atom. The lowest BCUT2D eigenvalue weighted by molar-refractivity contribution is -0.123. The topological polar surface area (TPSA) is 65.5 Å². The number of carbonyl (C=O) groups excluding carboxylic acids is 1. The molecule has 1 saturated heterocycles. The van der Waals surface area contributed by atoms with Gasteiger partial charge in [0.1, 0.15) is 11.4 Å². The van der Waals surface area contributed by atoms with E-state index in [9.17, 15) is 14.3 Å². The molecule has 1 aromatic carbocycles. The number of hydrogen-bond donors (Lipinski definition) is 2. The van der Waals surface area contributed by atoms with Gasteiger partial charge in [-0.2, -0.15) is 0 Å². The van der Waals surface area contributed by atoms with E-state index in [0.717, 1.165) is 5.56 Å². The van der Waals surface area contributed by atoms with Gasteiger partial charge in [0.2, 0.25) is 5.91 Å². The average Bonchev–Trinajstić information content (AvgIpc) is 2.66. The van der Waals surface area contributed by atoms with Gasteiger partial charge in [0.15, 0.2) is 0 Å².